The van der Waals surface area contributed by atoms with Crippen molar-refractivity contribution < 1.29 is 0 Å². The average molecular weight is 204 g/mol. The van der Waals surface area contributed by atoms with Gasteiger partial charge in [-0.2, -0.15) is 10.2 Å². The Bertz CT molecular complexity index is 526. The third-order valence-corrected chi connectivity index (χ3v) is 2.17. The van der Waals surface area contributed by atoms with E-state index < -0.39 is 0 Å². The second kappa shape index (κ2) is 3.68. The zero-order chi connectivity index (χ0) is 10.8. The number of aryl methyl sites for hydroxylation is 2. The first-order chi connectivity index (χ1) is 7.20. The summed E-state index contributed by atoms with van der Waals surface area (Å²) in [5, 5.41) is 8.27. The van der Waals surface area contributed by atoms with E-state index in [2.05, 4.69) is 10.2 Å². The molecule has 0 aromatic carbocycles. The predicted octanol–water partition coefficient (Wildman–Crippen LogP) is 0.528. The zero-order valence-electron chi connectivity index (χ0n) is 8.71. The molecular formula is C10H12N4O. The van der Waals surface area contributed by atoms with Crippen molar-refractivity contribution in [1.82, 2.24) is 19.6 Å². The van der Waals surface area contributed by atoms with Crippen molar-refractivity contribution >= 4 is 0 Å². The van der Waals surface area contributed by atoms with Crippen molar-refractivity contribution in [3.63, 3.8) is 0 Å². The third kappa shape index (κ3) is 1.81. The van der Waals surface area contributed by atoms with E-state index in [4.69, 9.17) is 0 Å². The molecule has 0 saturated heterocycles. The highest BCUT2D eigenvalue weighted by atomic mass is 16.1. The topological polar surface area (TPSA) is 52.7 Å². The lowest BCUT2D eigenvalue weighted by Gasteiger charge is -2.02. The molecule has 0 atom stereocenters. The summed E-state index contributed by atoms with van der Waals surface area (Å²) in [6.07, 6.45) is 5.84. The van der Waals surface area contributed by atoms with E-state index in [1.165, 1.54) is 6.07 Å². The second-order valence-electron chi connectivity index (χ2n) is 3.30. The predicted molar refractivity (Wildman–Crippen MR) is 56.0 cm³/mol. The minimum Gasteiger partial charge on any atom is -0.288 e. The molecule has 0 N–H and O–H groups in total. The second-order valence-corrected chi connectivity index (χ2v) is 3.30. The molecule has 2 aromatic heterocycles. The minimum absolute atomic E-state index is 0.0161. The summed E-state index contributed by atoms with van der Waals surface area (Å²) in [4.78, 5) is 11.3. The highest BCUT2D eigenvalue weighted by Gasteiger charge is 2.02. The van der Waals surface area contributed by atoms with E-state index in [1.54, 1.807) is 21.8 Å². The van der Waals surface area contributed by atoms with Gasteiger partial charge < -0.3 is 0 Å². The molecule has 15 heavy (non-hydrogen) atoms. The number of aromatic nitrogens is 4. The normalized spacial score (nSPS) is 10.5. The molecule has 0 fully saturated rings. The fourth-order valence-corrected chi connectivity index (χ4v) is 1.36. The number of nitrogens with zero attached hydrogens (tertiary/aromatic N) is 4. The van der Waals surface area contributed by atoms with Gasteiger partial charge in [0.05, 0.1) is 12.4 Å². The van der Waals surface area contributed by atoms with E-state index in [-0.39, 0.29) is 5.43 Å². The molecule has 2 heterocycles. The van der Waals surface area contributed by atoms with Crippen molar-refractivity contribution in [2.45, 2.75) is 13.3 Å². The summed E-state index contributed by atoms with van der Waals surface area (Å²) < 4.78 is 3.36. The SMILES string of the molecule is CCc1nn(-c2cnn(C)c2)ccc1=O. The summed E-state index contributed by atoms with van der Waals surface area (Å²) in [5.74, 6) is 0. The third-order valence-electron chi connectivity index (χ3n) is 2.17. The van der Waals surface area contributed by atoms with Crippen LogP contribution in [0.5, 0.6) is 0 Å². The number of rotatable bonds is 2. The van der Waals surface area contributed by atoms with Crippen LogP contribution < -0.4 is 5.43 Å². The van der Waals surface area contributed by atoms with Crippen LogP contribution in [0.3, 0.4) is 0 Å². The lowest BCUT2D eigenvalue weighted by atomic mass is 10.3. The summed E-state index contributed by atoms with van der Waals surface area (Å²) in [7, 11) is 1.84. The van der Waals surface area contributed by atoms with Crippen molar-refractivity contribution in [1.29, 1.82) is 0 Å². The molecule has 0 radical (unpaired) electrons. The van der Waals surface area contributed by atoms with Gasteiger partial charge in [0.25, 0.3) is 0 Å². The quantitative estimate of drug-likeness (QED) is 0.717. The van der Waals surface area contributed by atoms with Gasteiger partial charge in [-0.1, -0.05) is 6.92 Å². The monoisotopic (exact) mass is 204 g/mol. The van der Waals surface area contributed by atoms with Crippen LogP contribution in [0.2, 0.25) is 0 Å². The number of hydrogen-bond donors (Lipinski definition) is 0. The minimum atomic E-state index is -0.0161. The summed E-state index contributed by atoms with van der Waals surface area (Å²) >= 11 is 0. The molecule has 0 unspecified atom stereocenters. The van der Waals surface area contributed by atoms with Crippen molar-refractivity contribution in [2.75, 3.05) is 0 Å². The molecule has 0 bridgehead atoms. The zero-order valence-corrected chi connectivity index (χ0v) is 8.71. The highest BCUT2D eigenvalue weighted by molar-refractivity contribution is 5.23. The first-order valence-electron chi connectivity index (χ1n) is 4.78. The molecule has 5 nitrogen and oxygen atoms in total. The summed E-state index contributed by atoms with van der Waals surface area (Å²) in [5.41, 5.74) is 1.41. The van der Waals surface area contributed by atoms with E-state index in [0.717, 1.165) is 5.69 Å². The Morgan fingerprint density at radius 2 is 2.27 bits per heavy atom. The Morgan fingerprint density at radius 1 is 1.47 bits per heavy atom. The van der Waals surface area contributed by atoms with Crippen LogP contribution >= 0.6 is 0 Å². The van der Waals surface area contributed by atoms with Gasteiger partial charge in [0.1, 0.15) is 11.4 Å². The fourth-order valence-electron chi connectivity index (χ4n) is 1.36. The van der Waals surface area contributed by atoms with Gasteiger partial charge in [-0.15, -0.1) is 0 Å². The molecule has 5 heteroatoms. The van der Waals surface area contributed by atoms with Gasteiger partial charge in [0.15, 0.2) is 0 Å². The molecular weight excluding hydrogens is 192 g/mol. The lowest BCUT2D eigenvalue weighted by Crippen LogP contribution is -2.14. The summed E-state index contributed by atoms with van der Waals surface area (Å²) in [6.45, 7) is 1.91. The van der Waals surface area contributed by atoms with Crippen molar-refractivity contribution in [3.05, 3.63) is 40.6 Å². The average Bonchev–Trinajstić information content (AvgIpc) is 2.66. The largest absolute Gasteiger partial charge is 0.288 e. The first kappa shape index (κ1) is 9.64. The Hall–Kier alpha value is -1.91. The maximum atomic E-state index is 11.3. The van der Waals surface area contributed by atoms with Gasteiger partial charge >= 0.3 is 0 Å². The Labute approximate surface area is 87.0 Å². The maximum Gasteiger partial charge on any atom is 0.203 e. The Balaban J connectivity index is 2.50. The molecule has 2 aromatic rings. The van der Waals surface area contributed by atoms with E-state index in [0.29, 0.717) is 12.1 Å². The standard InChI is InChI=1S/C10H12N4O/c1-3-9-10(15)4-5-14(12-9)8-6-11-13(2)7-8/h4-7H,3H2,1-2H3. The smallest absolute Gasteiger partial charge is 0.203 e. The van der Waals surface area contributed by atoms with Gasteiger partial charge in [0, 0.05) is 19.3 Å². The number of hydrogen-bond acceptors (Lipinski definition) is 3. The van der Waals surface area contributed by atoms with E-state index in [1.807, 2.05) is 20.2 Å². The van der Waals surface area contributed by atoms with Gasteiger partial charge in [-0.25, -0.2) is 4.68 Å². The van der Waals surface area contributed by atoms with Gasteiger partial charge in [0.2, 0.25) is 5.43 Å². The molecule has 0 saturated carbocycles. The van der Waals surface area contributed by atoms with Crippen LogP contribution in [0.25, 0.3) is 5.69 Å². The van der Waals surface area contributed by atoms with Crippen LogP contribution in [0.1, 0.15) is 12.6 Å². The van der Waals surface area contributed by atoms with E-state index in [9.17, 15) is 4.79 Å². The Morgan fingerprint density at radius 3 is 2.87 bits per heavy atom. The van der Waals surface area contributed by atoms with E-state index >= 15 is 0 Å². The molecule has 0 aliphatic rings. The molecule has 0 aliphatic carbocycles. The Kier molecular flexibility index (Phi) is 2.37. The molecule has 0 spiro atoms. The van der Waals surface area contributed by atoms with Crippen LogP contribution in [0.4, 0.5) is 0 Å². The maximum absolute atomic E-state index is 11.3. The van der Waals surface area contributed by atoms with Gasteiger partial charge in [-0.05, 0) is 6.42 Å². The fraction of sp³-hybridized carbons (Fsp3) is 0.300. The van der Waals surface area contributed by atoms with Crippen LogP contribution in [-0.2, 0) is 13.5 Å². The lowest BCUT2D eigenvalue weighted by molar-refractivity contribution is 0.761. The van der Waals surface area contributed by atoms with Crippen molar-refractivity contribution in [2.24, 2.45) is 7.05 Å². The molecule has 78 valence electrons. The van der Waals surface area contributed by atoms with Crippen LogP contribution in [0, 0.1) is 0 Å². The molecule has 2 rings (SSSR count). The molecule has 0 amide bonds. The molecule has 0 aliphatic heterocycles. The van der Waals surface area contributed by atoms with Crippen LogP contribution in [-0.4, -0.2) is 19.6 Å². The first-order valence-corrected chi connectivity index (χ1v) is 4.78. The van der Waals surface area contributed by atoms with Crippen molar-refractivity contribution in [3.8, 4) is 5.69 Å². The van der Waals surface area contributed by atoms with Crippen LogP contribution in [0.15, 0.2) is 29.5 Å². The van der Waals surface area contributed by atoms with Gasteiger partial charge in [-0.3, -0.25) is 9.48 Å². The highest BCUT2D eigenvalue weighted by Crippen LogP contribution is 2.02. The summed E-state index contributed by atoms with van der Waals surface area (Å²) in [6, 6.07) is 1.53.